The molecule has 0 saturated carbocycles. The quantitative estimate of drug-likeness (QED) is 0.422. The Hall–Kier alpha value is -3.85. The molecule has 36 heavy (non-hydrogen) atoms. The lowest BCUT2D eigenvalue weighted by Crippen LogP contribution is -2.48. The molecule has 188 valence electrons. The van der Waals surface area contributed by atoms with E-state index in [0.717, 1.165) is 5.41 Å². The van der Waals surface area contributed by atoms with Gasteiger partial charge in [-0.2, -0.15) is 0 Å². The largest absolute Gasteiger partial charge is 0.309 e. The number of hydrogen-bond acceptors (Lipinski definition) is 4. The molecule has 0 aliphatic heterocycles. The molecule has 0 bridgehead atoms. The average Bonchev–Trinajstić information content (AvgIpc) is 2.84. The Balaban J connectivity index is 1.92. The molecule has 0 fully saturated rings. The maximum atomic E-state index is 13.6. The second-order valence-electron chi connectivity index (χ2n) is 8.39. The van der Waals surface area contributed by atoms with E-state index in [2.05, 4.69) is 0 Å². The summed E-state index contributed by atoms with van der Waals surface area (Å²) in [4.78, 5) is 28.1. The topological polar surface area (TPSA) is 83.6 Å². The van der Waals surface area contributed by atoms with Crippen molar-refractivity contribution in [2.75, 3.05) is 4.90 Å². The van der Waals surface area contributed by atoms with Crippen molar-refractivity contribution in [3.63, 3.8) is 0 Å². The van der Waals surface area contributed by atoms with Gasteiger partial charge in [-0.25, -0.2) is 21.9 Å². The number of carbonyl (C=O) groups is 2. The minimum atomic E-state index is -4.23. The summed E-state index contributed by atoms with van der Waals surface area (Å²) in [6.07, 6.45) is 1.15. The lowest BCUT2D eigenvalue weighted by atomic mass is 9.96. The molecule has 1 atom stereocenters. The van der Waals surface area contributed by atoms with Crippen LogP contribution in [0.15, 0.2) is 84.3 Å². The van der Waals surface area contributed by atoms with Crippen molar-refractivity contribution in [1.29, 1.82) is 0 Å². The van der Waals surface area contributed by atoms with E-state index < -0.39 is 45.4 Å². The SMILES string of the molecule is CC(C)N(C(=O)C(Cc1ccc(F)cc1)C(=O)NS(=O)(=O)/C=C/c1ccccc1)c1ccc(F)cc1. The van der Waals surface area contributed by atoms with Crippen molar-refractivity contribution in [3.8, 4) is 0 Å². The molecule has 3 aromatic carbocycles. The van der Waals surface area contributed by atoms with Crippen LogP contribution in [0.2, 0.25) is 0 Å². The number of halogens is 2. The van der Waals surface area contributed by atoms with Gasteiger partial charge in [-0.1, -0.05) is 42.5 Å². The summed E-state index contributed by atoms with van der Waals surface area (Å²) in [5, 5.41) is 0.847. The smallest absolute Gasteiger partial charge is 0.257 e. The zero-order valence-electron chi connectivity index (χ0n) is 19.8. The Morgan fingerprint density at radius 3 is 2.00 bits per heavy atom. The van der Waals surface area contributed by atoms with E-state index in [1.807, 2.05) is 4.72 Å². The van der Waals surface area contributed by atoms with Crippen molar-refractivity contribution in [2.45, 2.75) is 26.3 Å². The first-order chi connectivity index (χ1) is 17.1. The van der Waals surface area contributed by atoms with Crippen molar-refractivity contribution in [2.24, 2.45) is 5.92 Å². The number of anilines is 1. The minimum absolute atomic E-state index is 0.173. The molecule has 1 unspecified atom stereocenters. The van der Waals surface area contributed by atoms with E-state index in [4.69, 9.17) is 0 Å². The second-order valence-corrected chi connectivity index (χ2v) is 9.95. The van der Waals surface area contributed by atoms with Gasteiger partial charge in [0.15, 0.2) is 0 Å². The van der Waals surface area contributed by atoms with Crippen LogP contribution < -0.4 is 9.62 Å². The van der Waals surface area contributed by atoms with E-state index >= 15 is 0 Å². The molecule has 0 spiro atoms. The van der Waals surface area contributed by atoms with Crippen LogP contribution in [0.3, 0.4) is 0 Å². The van der Waals surface area contributed by atoms with Crippen LogP contribution >= 0.6 is 0 Å². The van der Waals surface area contributed by atoms with E-state index in [0.29, 0.717) is 16.8 Å². The first kappa shape index (κ1) is 26.7. The third-order valence-electron chi connectivity index (χ3n) is 5.31. The molecule has 3 rings (SSSR count). The van der Waals surface area contributed by atoms with Crippen molar-refractivity contribution in [1.82, 2.24) is 4.72 Å². The number of nitrogens with zero attached hydrogens (tertiary/aromatic N) is 1. The van der Waals surface area contributed by atoms with E-state index in [1.165, 1.54) is 59.5 Å². The number of hydrogen-bond donors (Lipinski definition) is 1. The van der Waals surface area contributed by atoms with Gasteiger partial charge in [-0.05, 0) is 73.9 Å². The third-order valence-corrected chi connectivity index (χ3v) is 6.29. The summed E-state index contributed by atoms with van der Waals surface area (Å²) < 4.78 is 54.1. The lowest BCUT2D eigenvalue weighted by molar-refractivity contribution is -0.132. The first-order valence-corrected chi connectivity index (χ1v) is 12.7. The van der Waals surface area contributed by atoms with Crippen molar-refractivity contribution in [3.05, 3.63) is 107 Å². The fraction of sp³-hybridized carbons (Fsp3) is 0.185. The predicted molar refractivity (Wildman–Crippen MR) is 135 cm³/mol. The standard InChI is InChI=1S/C27H26F2N2O4S/c1-19(2)31(24-14-12-23(29)13-15-24)27(33)25(18-21-8-10-22(28)11-9-21)26(32)30-36(34,35)17-16-20-6-4-3-5-7-20/h3-17,19,25H,18H2,1-2H3,(H,30,32)/b17-16+. The lowest BCUT2D eigenvalue weighted by Gasteiger charge is -2.30. The molecule has 0 aliphatic rings. The van der Waals surface area contributed by atoms with Crippen LogP contribution in [0.4, 0.5) is 14.5 Å². The van der Waals surface area contributed by atoms with Crippen molar-refractivity contribution >= 4 is 33.6 Å². The summed E-state index contributed by atoms with van der Waals surface area (Å²) >= 11 is 0. The molecule has 0 aromatic heterocycles. The predicted octanol–water partition coefficient (Wildman–Crippen LogP) is 4.68. The molecule has 0 saturated heterocycles. The van der Waals surface area contributed by atoms with E-state index in [1.54, 1.807) is 44.2 Å². The maximum Gasteiger partial charge on any atom is 0.257 e. The number of amides is 2. The van der Waals surface area contributed by atoms with Crippen LogP contribution in [0.25, 0.3) is 6.08 Å². The number of nitrogens with one attached hydrogen (secondary N) is 1. The Kier molecular flexibility index (Phi) is 8.71. The van der Waals surface area contributed by atoms with Crippen LogP contribution in [0.1, 0.15) is 25.0 Å². The van der Waals surface area contributed by atoms with Gasteiger partial charge in [0, 0.05) is 11.7 Å². The normalized spacial score (nSPS) is 12.5. The highest BCUT2D eigenvalue weighted by atomic mass is 32.2. The molecule has 1 N–H and O–H groups in total. The Bertz CT molecular complexity index is 1320. The van der Waals surface area contributed by atoms with Gasteiger partial charge in [-0.3, -0.25) is 9.59 Å². The van der Waals surface area contributed by atoms with E-state index in [-0.39, 0.29) is 6.42 Å². The van der Waals surface area contributed by atoms with Gasteiger partial charge >= 0.3 is 0 Å². The molecule has 9 heteroatoms. The van der Waals surface area contributed by atoms with E-state index in [9.17, 15) is 26.8 Å². The summed E-state index contributed by atoms with van der Waals surface area (Å²) in [6.45, 7) is 3.43. The molecule has 6 nitrogen and oxygen atoms in total. The average molecular weight is 513 g/mol. The summed E-state index contributed by atoms with van der Waals surface area (Å²) in [5.74, 6) is -4.15. The molecule has 0 radical (unpaired) electrons. The van der Waals surface area contributed by atoms with Gasteiger partial charge in [0.05, 0.1) is 5.41 Å². The Labute approximate surface area is 209 Å². The molecular weight excluding hydrogens is 486 g/mol. The van der Waals surface area contributed by atoms with Crippen LogP contribution in [-0.2, 0) is 26.0 Å². The van der Waals surface area contributed by atoms with Gasteiger partial charge in [0.25, 0.3) is 10.0 Å². The van der Waals surface area contributed by atoms with Gasteiger partial charge in [-0.15, -0.1) is 0 Å². The van der Waals surface area contributed by atoms with Gasteiger partial charge < -0.3 is 4.90 Å². The Morgan fingerprint density at radius 2 is 1.44 bits per heavy atom. The highest BCUT2D eigenvalue weighted by Gasteiger charge is 2.34. The van der Waals surface area contributed by atoms with Crippen LogP contribution in [-0.4, -0.2) is 26.3 Å². The number of carbonyl (C=O) groups excluding carboxylic acids is 2. The maximum absolute atomic E-state index is 13.6. The molecule has 0 heterocycles. The molecular formula is C27H26F2N2O4S. The highest BCUT2D eigenvalue weighted by molar-refractivity contribution is 7.93. The number of rotatable bonds is 9. The molecule has 3 aromatic rings. The monoisotopic (exact) mass is 512 g/mol. The highest BCUT2D eigenvalue weighted by Crippen LogP contribution is 2.23. The summed E-state index contributed by atoms with van der Waals surface area (Å²) in [7, 11) is -4.23. The number of benzene rings is 3. The fourth-order valence-electron chi connectivity index (χ4n) is 3.58. The first-order valence-electron chi connectivity index (χ1n) is 11.2. The second kappa shape index (κ2) is 11.7. The van der Waals surface area contributed by atoms with Gasteiger partial charge in [0.2, 0.25) is 11.8 Å². The van der Waals surface area contributed by atoms with Crippen LogP contribution in [0.5, 0.6) is 0 Å². The zero-order chi connectivity index (χ0) is 26.3. The molecule has 2 amide bonds. The third kappa shape index (κ3) is 7.32. The zero-order valence-corrected chi connectivity index (χ0v) is 20.6. The van der Waals surface area contributed by atoms with Gasteiger partial charge in [0.1, 0.15) is 17.6 Å². The van der Waals surface area contributed by atoms with Crippen molar-refractivity contribution < 1.29 is 26.8 Å². The van der Waals surface area contributed by atoms with Crippen LogP contribution in [0, 0.1) is 17.6 Å². The number of sulfonamides is 1. The fourth-order valence-corrected chi connectivity index (χ4v) is 4.40. The summed E-state index contributed by atoms with van der Waals surface area (Å²) in [5.41, 5.74) is 1.42. The summed E-state index contributed by atoms with van der Waals surface area (Å²) in [6, 6.07) is 18.6. The molecule has 0 aliphatic carbocycles. The Morgan fingerprint density at radius 1 is 0.889 bits per heavy atom. The minimum Gasteiger partial charge on any atom is -0.309 e.